The van der Waals surface area contributed by atoms with Crippen LogP contribution >= 0.6 is 11.6 Å². The zero-order valence-corrected chi connectivity index (χ0v) is 9.34. The first-order valence-electron chi connectivity index (χ1n) is 5.03. The van der Waals surface area contributed by atoms with Crippen LogP contribution in [0.2, 0.25) is 5.15 Å². The largest absolute Gasteiger partial charge is 0.330 e. The topological polar surface area (TPSA) is 51.8 Å². The normalized spacial score (nSPS) is 10.9. The van der Waals surface area contributed by atoms with E-state index in [2.05, 4.69) is 9.97 Å². The Hall–Kier alpha value is -1.26. The molecule has 0 radical (unpaired) electrons. The first-order valence-corrected chi connectivity index (χ1v) is 5.41. The summed E-state index contributed by atoms with van der Waals surface area (Å²) in [5, 5.41) is 0.828. The third-order valence-electron chi connectivity index (χ3n) is 2.28. The number of benzene rings is 1. The monoisotopic (exact) mass is 239 g/mol. The fourth-order valence-corrected chi connectivity index (χ4v) is 1.75. The molecule has 0 bridgehead atoms. The van der Waals surface area contributed by atoms with Crippen LogP contribution in [0.4, 0.5) is 4.39 Å². The van der Waals surface area contributed by atoms with E-state index < -0.39 is 0 Å². The average Bonchev–Trinajstić information content (AvgIpc) is 2.28. The zero-order chi connectivity index (χ0) is 11.5. The maximum absolute atomic E-state index is 13.5. The van der Waals surface area contributed by atoms with Crippen molar-refractivity contribution < 1.29 is 4.39 Å². The fraction of sp³-hybridized carbons (Fsp3) is 0.273. The van der Waals surface area contributed by atoms with E-state index in [1.165, 1.54) is 6.07 Å². The summed E-state index contributed by atoms with van der Waals surface area (Å²) in [6, 6.07) is 4.65. The molecule has 0 fully saturated rings. The number of para-hydroxylation sites is 1. The number of fused-ring (bicyclic) bond motifs is 1. The van der Waals surface area contributed by atoms with Gasteiger partial charge in [0, 0.05) is 11.8 Å². The molecule has 0 spiro atoms. The Bertz CT molecular complexity index is 516. The average molecular weight is 240 g/mol. The molecule has 0 saturated carbocycles. The van der Waals surface area contributed by atoms with Gasteiger partial charge in [-0.1, -0.05) is 17.7 Å². The number of nitrogens with two attached hydrogens (primary N) is 1. The highest BCUT2D eigenvalue weighted by molar-refractivity contribution is 6.34. The van der Waals surface area contributed by atoms with Gasteiger partial charge in [-0.05, 0) is 25.1 Å². The molecular weight excluding hydrogens is 229 g/mol. The molecule has 0 unspecified atom stereocenters. The highest BCUT2D eigenvalue weighted by Gasteiger charge is 2.08. The van der Waals surface area contributed by atoms with Crippen molar-refractivity contribution in [3.63, 3.8) is 0 Å². The SMILES string of the molecule is NCCCc1nc(Cl)c2cccc(F)c2n1. The van der Waals surface area contributed by atoms with Crippen LogP contribution in [0, 0.1) is 5.82 Å². The molecule has 0 atom stereocenters. The Labute approximate surface area is 97.5 Å². The first kappa shape index (κ1) is 11.2. The molecule has 0 amide bonds. The van der Waals surface area contributed by atoms with Crippen LogP contribution in [0.5, 0.6) is 0 Å². The van der Waals surface area contributed by atoms with Gasteiger partial charge in [-0.2, -0.15) is 0 Å². The lowest BCUT2D eigenvalue weighted by molar-refractivity contribution is 0.635. The summed E-state index contributed by atoms with van der Waals surface area (Å²) >= 11 is 5.96. The van der Waals surface area contributed by atoms with Crippen LogP contribution in [0.1, 0.15) is 12.2 Å². The van der Waals surface area contributed by atoms with E-state index in [0.29, 0.717) is 24.2 Å². The maximum Gasteiger partial charge on any atom is 0.149 e. The number of hydrogen-bond donors (Lipinski definition) is 1. The number of hydrogen-bond acceptors (Lipinski definition) is 3. The molecule has 2 rings (SSSR count). The Morgan fingerprint density at radius 1 is 1.31 bits per heavy atom. The van der Waals surface area contributed by atoms with Gasteiger partial charge in [-0.25, -0.2) is 14.4 Å². The molecular formula is C11H11ClFN3. The number of rotatable bonds is 3. The second kappa shape index (κ2) is 4.72. The summed E-state index contributed by atoms with van der Waals surface area (Å²) in [6.45, 7) is 0.552. The summed E-state index contributed by atoms with van der Waals surface area (Å²) in [7, 11) is 0. The standard InChI is InChI=1S/C11H11ClFN3/c12-11-7-3-1-4-8(13)10(7)15-9(16-11)5-2-6-14/h1,3-4H,2,5-6,14H2. The van der Waals surface area contributed by atoms with Crippen LogP contribution < -0.4 is 5.73 Å². The molecule has 1 aromatic heterocycles. The molecule has 5 heteroatoms. The van der Waals surface area contributed by atoms with Crippen molar-refractivity contribution in [2.75, 3.05) is 6.54 Å². The van der Waals surface area contributed by atoms with Crippen LogP contribution in [0.3, 0.4) is 0 Å². The summed E-state index contributed by atoms with van der Waals surface area (Å²) in [4.78, 5) is 8.26. The van der Waals surface area contributed by atoms with Crippen LogP contribution in [0.25, 0.3) is 10.9 Å². The van der Waals surface area contributed by atoms with Gasteiger partial charge in [0.1, 0.15) is 22.3 Å². The number of halogens is 2. The van der Waals surface area contributed by atoms with E-state index in [4.69, 9.17) is 17.3 Å². The van der Waals surface area contributed by atoms with Crippen molar-refractivity contribution in [2.24, 2.45) is 5.73 Å². The molecule has 0 aliphatic rings. The smallest absolute Gasteiger partial charge is 0.149 e. The Morgan fingerprint density at radius 3 is 2.88 bits per heavy atom. The van der Waals surface area contributed by atoms with Gasteiger partial charge in [0.05, 0.1) is 0 Å². The summed E-state index contributed by atoms with van der Waals surface area (Å²) in [6.07, 6.45) is 1.37. The minimum Gasteiger partial charge on any atom is -0.330 e. The third-order valence-corrected chi connectivity index (χ3v) is 2.57. The van der Waals surface area contributed by atoms with Crippen molar-refractivity contribution in [2.45, 2.75) is 12.8 Å². The Kier molecular flexibility index (Phi) is 3.31. The highest BCUT2D eigenvalue weighted by atomic mass is 35.5. The van der Waals surface area contributed by atoms with Gasteiger partial charge < -0.3 is 5.73 Å². The van der Waals surface area contributed by atoms with Gasteiger partial charge in [0.15, 0.2) is 0 Å². The van der Waals surface area contributed by atoms with Gasteiger partial charge in [-0.3, -0.25) is 0 Å². The molecule has 0 aliphatic heterocycles. The van der Waals surface area contributed by atoms with E-state index in [1.807, 2.05) is 0 Å². The van der Waals surface area contributed by atoms with E-state index in [0.717, 1.165) is 6.42 Å². The molecule has 2 aromatic rings. The predicted octanol–water partition coefficient (Wildman–Crippen LogP) is 2.31. The number of aromatic nitrogens is 2. The molecule has 2 N–H and O–H groups in total. The van der Waals surface area contributed by atoms with E-state index in [9.17, 15) is 4.39 Å². The van der Waals surface area contributed by atoms with Gasteiger partial charge in [0.25, 0.3) is 0 Å². The number of aryl methyl sites for hydroxylation is 1. The molecule has 1 aromatic carbocycles. The maximum atomic E-state index is 13.5. The lowest BCUT2D eigenvalue weighted by atomic mass is 10.2. The molecule has 0 aliphatic carbocycles. The lowest BCUT2D eigenvalue weighted by Gasteiger charge is -2.04. The van der Waals surface area contributed by atoms with Gasteiger partial charge >= 0.3 is 0 Å². The minimum atomic E-state index is -0.379. The van der Waals surface area contributed by atoms with Gasteiger partial charge in [0.2, 0.25) is 0 Å². The van der Waals surface area contributed by atoms with Crippen molar-refractivity contribution in [3.05, 3.63) is 35.0 Å². The predicted molar refractivity (Wildman–Crippen MR) is 61.9 cm³/mol. The summed E-state index contributed by atoms with van der Waals surface area (Å²) < 4.78 is 13.5. The van der Waals surface area contributed by atoms with Crippen molar-refractivity contribution in [1.29, 1.82) is 0 Å². The molecule has 3 nitrogen and oxygen atoms in total. The van der Waals surface area contributed by atoms with Crippen LogP contribution in [-0.4, -0.2) is 16.5 Å². The van der Waals surface area contributed by atoms with Crippen molar-refractivity contribution in [3.8, 4) is 0 Å². The van der Waals surface area contributed by atoms with Crippen LogP contribution in [-0.2, 0) is 6.42 Å². The van der Waals surface area contributed by atoms with E-state index >= 15 is 0 Å². The molecule has 84 valence electrons. The molecule has 16 heavy (non-hydrogen) atoms. The van der Waals surface area contributed by atoms with Crippen molar-refractivity contribution >= 4 is 22.5 Å². The molecule has 0 saturated heterocycles. The Balaban J connectivity index is 2.52. The zero-order valence-electron chi connectivity index (χ0n) is 8.58. The second-order valence-electron chi connectivity index (χ2n) is 3.46. The van der Waals surface area contributed by atoms with Crippen molar-refractivity contribution in [1.82, 2.24) is 9.97 Å². The first-order chi connectivity index (χ1) is 7.72. The summed E-state index contributed by atoms with van der Waals surface area (Å²) in [5.41, 5.74) is 5.67. The van der Waals surface area contributed by atoms with Gasteiger partial charge in [-0.15, -0.1) is 0 Å². The Morgan fingerprint density at radius 2 is 2.12 bits per heavy atom. The summed E-state index contributed by atoms with van der Waals surface area (Å²) in [5.74, 6) is 0.156. The van der Waals surface area contributed by atoms with E-state index in [-0.39, 0.29) is 16.5 Å². The van der Waals surface area contributed by atoms with Crippen LogP contribution in [0.15, 0.2) is 18.2 Å². The fourth-order valence-electron chi connectivity index (χ4n) is 1.50. The number of nitrogens with zero attached hydrogens (tertiary/aromatic N) is 2. The third kappa shape index (κ3) is 2.13. The van der Waals surface area contributed by atoms with E-state index in [1.54, 1.807) is 12.1 Å². The molecule has 1 heterocycles. The highest BCUT2D eigenvalue weighted by Crippen LogP contribution is 2.22. The quantitative estimate of drug-likeness (QED) is 0.837. The second-order valence-corrected chi connectivity index (χ2v) is 3.82. The lowest BCUT2D eigenvalue weighted by Crippen LogP contribution is -2.04. The minimum absolute atomic E-state index is 0.273.